The topological polar surface area (TPSA) is 109 Å². The highest BCUT2D eigenvalue weighted by atomic mass is 127. The fourth-order valence-electron chi connectivity index (χ4n) is 2.94. The van der Waals surface area contributed by atoms with Crippen LogP contribution in [0.15, 0.2) is 52.4 Å². The van der Waals surface area contributed by atoms with Gasteiger partial charge in [-0.05, 0) is 43.2 Å². The predicted molar refractivity (Wildman–Crippen MR) is 139 cm³/mol. The number of sulfone groups is 1. The summed E-state index contributed by atoms with van der Waals surface area (Å²) in [5, 5.41) is 9.10. The quantitative estimate of drug-likeness (QED) is 0.184. The van der Waals surface area contributed by atoms with Crippen LogP contribution in [0.1, 0.15) is 25.0 Å². The molecular formula is C22H31IN4O4S. The molecule has 0 bridgehead atoms. The molecule has 1 amide bonds. The number of rotatable bonds is 9. The van der Waals surface area contributed by atoms with Gasteiger partial charge in [-0.25, -0.2) is 13.4 Å². The van der Waals surface area contributed by atoms with Gasteiger partial charge < -0.3 is 20.7 Å². The molecule has 0 saturated carbocycles. The minimum Gasteiger partial charge on any atom is -0.492 e. The van der Waals surface area contributed by atoms with Crippen molar-refractivity contribution in [2.24, 2.45) is 4.99 Å². The van der Waals surface area contributed by atoms with Gasteiger partial charge in [0.25, 0.3) is 0 Å². The van der Waals surface area contributed by atoms with Crippen molar-refractivity contribution in [3.63, 3.8) is 0 Å². The van der Waals surface area contributed by atoms with Gasteiger partial charge >= 0.3 is 0 Å². The van der Waals surface area contributed by atoms with Gasteiger partial charge in [0.2, 0.25) is 5.91 Å². The average Bonchev–Trinajstić information content (AvgIpc) is 2.68. The molecule has 0 aromatic heterocycles. The molecule has 0 aliphatic carbocycles. The summed E-state index contributed by atoms with van der Waals surface area (Å²) in [6.07, 6.45) is 1.21. The third kappa shape index (κ3) is 9.43. The highest BCUT2D eigenvalue weighted by Crippen LogP contribution is 2.18. The van der Waals surface area contributed by atoms with Crippen LogP contribution in [-0.2, 0) is 21.2 Å². The van der Waals surface area contributed by atoms with E-state index in [1.165, 1.54) is 13.2 Å². The summed E-state index contributed by atoms with van der Waals surface area (Å²) in [5.74, 6) is 1.17. The number of halogens is 1. The van der Waals surface area contributed by atoms with Crippen LogP contribution in [0.3, 0.4) is 0 Å². The van der Waals surface area contributed by atoms with E-state index >= 15 is 0 Å². The van der Waals surface area contributed by atoms with E-state index in [1.54, 1.807) is 31.2 Å². The Morgan fingerprint density at radius 3 is 2.50 bits per heavy atom. The molecule has 3 N–H and O–H groups in total. The maximum atomic E-state index is 11.8. The molecule has 2 rings (SSSR count). The molecule has 10 heteroatoms. The van der Waals surface area contributed by atoms with E-state index in [0.717, 1.165) is 5.56 Å². The van der Waals surface area contributed by atoms with E-state index in [4.69, 9.17) is 4.74 Å². The zero-order valence-corrected chi connectivity index (χ0v) is 21.9. The molecule has 176 valence electrons. The number of amides is 1. The standard InChI is InChI=1S/C22H30N4O4S.HI/c1-5-23-22(25-15-18-9-10-21(16(2)13-18)31(4,28)29)24-11-12-30-20-8-6-7-19(14-20)26-17(3)27;/h6-10,13-14H,5,11-12,15H2,1-4H3,(H,26,27)(H2,23,24,25);1H. The minimum absolute atomic E-state index is 0. The van der Waals surface area contributed by atoms with E-state index in [2.05, 4.69) is 20.9 Å². The zero-order chi connectivity index (χ0) is 22.9. The third-order valence-corrected chi connectivity index (χ3v) is 5.48. The van der Waals surface area contributed by atoms with Crippen molar-refractivity contribution in [1.82, 2.24) is 10.6 Å². The number of benzene rings is 2. The van der Waals surface area contributed by atoms with Crippen molar-refractivity contribution >= 4 is 51.4 Å². The number of nitrogens with one attached hydrogen (secondary N) is 3. The number of anilines is 1. The van der Waals surface area contributed by atoms with Crippen LogP contribution in [0.2, 0.25) is 0 Å². The number of aliphatic imine (C=N–C) groups is 1. The lowest BCUT2D eigenvalue weighted by atomic mass is 10.1. The maximum absolute atomic E-state index is 11.8. The SMILES string of the molecule is CCNC(=NCc1ccc(S(C)(=O)=O)c(C)c1)NCCOc1cccc(NC(C)=O)c1.I. The molecule has 0 atom stereocenters. The molecule has 0 unspecified atom stereocenters. The lowest BCUT2D eigenvalue weighted by Crippen LogP contribution is -2.39. The van der Waals surface area contributed by atoms with Crippen LogP contribution < -0.4 is 20.7 Å². The average molecular weight is 574 g/mol. The normalized spacial score (nSPS) is 11.3. The number of aryl methyl sites for hydroxylation is 1. The predicted octanol–water partition coefficient (Wildman–Crippen LogP) is 3.11. The smallest absolute Gasteiger partial charge is 0.221 e. The Morgan fingerprint density at radius 2 is 1.88 bits per heavy atom. The van der Waals surface area contributed by atoms with Gasteiger partial charge in [0, 0.05) is 31.5 Å². The van der Waals surface area contributed by atoms with Crippen LogP contribution >= 0.6 is 24.0 Å². The molecular weight excluding hydrogens is 543 g/mol. The number of guanidine groups is 1. The molecule has 2 aromatic carbocycles. The lowest BCUT2D eigenvalue weighted by molar-refractivity contribution is -0.114. The Balaban J connectivity index is 0.00000512. The van der Waals surface area contributed by atoms with Crippen LogP contribution in [-0.4, -0.2) is 46.2 Å². The van der Waals surface area contributed by atoms with Crippen molar-refractivity contribution in [3.8, 4) is 5.75 Å². The summed E-state index contributed by atoms with van der Waals surface area (Å²) in [6, 6.07) is 12.5. The van der Waals surface area contributed by atoms with E-state index in [-0.39, 0.29) is 29.9 Å². The van der Waals surface area contributed by atoms with Gasteiger partial charge in [-0.15, -0.1) is 24.0 Å². The van der Waals surface area contributed by atoms with Gasteiger partial charge in [0.15, 0.2) is 15.8 Å². The van der Waals surface area contributed by atoms with Gasteiger partial charge in [-0.2, -0.15) is 0 Å². The number of nitrogens with zero attached hydrogens (tertiary/aromatic N) is 1. The Kier molecular flexibility index (Phi) is 11.5. The third-order valence-electron chi connectivity index (χ3n) is 4.22. The molecule has 0 aliphatic rings. The minimum atomic E-state index is -3.23. The molecule has 0 fully saturated rings. The van der Waals surface area contributed by atoms with Crippen LogP contribution in [0, 0.1) is 6.92 Å². The first-order chi connectivity index (χ1) is 14.7. The second-order valence-electron chi connectivity index (χ2n) is 7.05. The molecule has 2 aromatic rings. The molecule has 0 radical (unpaired) electrons. The number of carbonyl (C=O) groups is 1. The van der Waals surface area contributed by atoms with Crippen molar-refractivity contribution in [1.29, 1.82) is 0 Å². The molecule has 8 nitrogen and oxygen atoms in total. The summed E-state index contributed by atoms with van der Waals surface area (Å²) < 4.78 is 29.2. The molecule has 32 heavy (non-hydrogen) atoms. The van der Waals surface area contributed by atoms with Crippen LogP contribution in [0.25, 0.3) is 0 Å². The Morgan fingerprint density at radius 1 is 1.12 bits per heavy atom. The highest BCUT2D eigenvalue weighted by molar-refractivity contribution is 14.0. The van der Waals surface area contributed by atoms with Crippen molar-refractivity contribution in [2.75, 3.05) is 31.3 Å². The summed E-state index contributed by atoms with van der Waals surface area (Å²) in [6.45, 7) is 7.29. The van der Waals surface area contributed by atoms with Crippen molar-refractivity contribution in [3.05, 3.63) is 53.6 Å². The van der Waals surface area contributed by atoms with Gasteiger partial charge in [-0.1, -0.05) is 18.2 Å². The number of hydrogen-bond donors (Lipinski definition) is 3. The van der Waals surface area contributed by atoms with Gasteiger partial charge in [-0.3, -0.25) is 4.79 Å². The summed E-state index contributed by atoms with van der Waals surface area (Å²) >= 11 is 0. The Bertz CT molecular complexity index is 1040. The first kappa shape index (κ1) is 27.7. The fraction of sp³-hybridized carbons (Fsp3) is 0.364. The summed E-state index contributed by atoms with van der Waals surface area (Å²) in [4.78, 5) is 16.0. The summed E-state index contributed by atoms with van der Waals surface area (Å²) in [7, 11) is -3.23. The fourth-order valence-corrected chi connectivity index (χ4v) is 3.90. The van der Waals surface area contributed by atoms with E-state index < -0.39 is 9.84 Å². The number of ether oxygens (including phenoxy) is 1. The maximum Gasteiger partial charge on any atom is 0.221 e. The van der Waals surface area contributed by atoms with Gasteiger partial charge in [0.05, 0.1) is 18.0 Å². The number of carbonyl (C=O) groups excluding carboxylic acids is 1. The Labute approximate surface area is 207 Å². The lowest BCUT2D eigenvalue weighted by Gasteiger charge is -2.13. The largest absolute Gasteiger partial charge is 0.492 e. The van der Waals surface area contributed by atoms with Gasteiger partial charge in [0.1, 0.15) is 12.4 Å². The highest BCUT2D eigenvalue weighted by Gasteiger charge is 2.10. The first-order valence-electron chi connectivity index (χ1n) is 10.0. The van der Waals surface area contributed by atoms with Crippen LogP contribution in [0.5, 0.6) is 5.75 Å². The molecule has 0 heterocycles. The van der Waals surface area contributed by atoms with E-state index in [1.807, 2.05) is 25.1 Å². The monoisotopic (exact) mass is 574 g/mol. The van der Waals surface area contributed by atoms with Crippen molar-refractivity contribution in [2.45, 2.75) is 32.2 Å². The molecule has 0 saturated heterocycles. The second-order valence-corrected chi connectivity index (χ2v) is 9.04. The molecule has 0 aliphatic heterocycles. The molecule has 0 spiro atoms. The zero-order valence-electron chi connectivity index (χ0n) is 18.8. The van der Waals surface area contributed by atoms with Crippen LogP contribution in [0.4, 0.5) is 5.69 Å². The van der Waals surface area contributed by atoms with E-state index in [0.29, 0.717) is 54.1 Å². The van der Waals surface area contributed by atoms with E-state index in [9.17, 15) is 13.2 Å². The van der Waals surface area contributed by atoms with Crippen molar-refractivity contribution < 1.29 is 17.9 Å². The second kappa shape index (κ2) is 13.3. The summed E-state index contributed by atoms with van der Waals surface area (Å²) in [5.41, 5.74) is 2.32. The first-order valence-corrected chi connectivity index (χ1v) is 11.9. The Hall–Kier alpha value is -2.34. The number of hydrogen-bond acceptors (Lipinski definition) is 5.